The molecule has 5 heteroatoms. The van der Waals surface area contributed by atoms with Gasteiger partial charge in [0, 0.05) is 67.9 Å². The first kappa shape index (κ1) is 58.9. The number of nitrogens with zero attached hydrogens (tertiary/aromatic N) is 3. The van der Waals surface area contributed by atoms with Gasteiger partial charge in [-0.15, -0.1) is 0 Å². The highest BCUT2D eigenvalue weighted by atomic mass is 16.5. The molecule has 3 aliphatic rings. The Morgan fingerprint density at radius 3 is 1.53 bits per heavy atom. The Kier molecular flexibility index (Phi) is 13.8. The second-order valence-corrected chi connectivity index (χ2v) is 28.7. The van der Waals surface area contributed by atoms with Gasteiger partial charge in [0.05, 0.1) is 22.4 Å². The summed E-state index contributed by atoms with van der Waals surface area (Å²) in [5, 5.41) is 2.39. The standard InChI is InChI=1S/C93H72BN3O/c1-92(2,3)65-46-50-68(51-47-65)95(69-52-48-66(49-53-69)93(4,5)6)70-58-84-89-86(59-70)98-85-57-64(61-28-13-8-14-29-61)45-55-81(85)94(89)80-54-44-63(60-26-11-7-12-27-60)56-83(80)97(84)91-77(75-38-23-37-74-71-34-19-20-36-73(71)87(88(74)75)62-30-15-9-16-31-62)40-25-42-79(91)78-41-24-39-76-72-35-21-22-43-82(72)96(90(76)78)67-32-17-10-18-33-67/h7-59,87H,1-6H3. The maximum absolute atomic E-state index is 7.76. The first-order valence-corrected chi connectivity index (χ1v) is 34.5. The van der Waals surface area contributed by atoms with Crippen molar-refractivity contribution >= 4 is 79.0 Å². The maximum Gasteiger partial charge on any atom is 0.256 e. The van der Waals surface area contributed by atoms with Crippen LogP contribution >= 0.6 is 0 Å². The van der Waals surface area contributed by atoms with Gasteiger partial charge < -0.3 is 19.1 Å². The number of para-hydroxylation sites is 4. The second-order valence-electron chi connectivity index (χ2n) is 28.7. The molecule has 0 radical (unpaired) electrons. The quantitative estimate of drug-likeness (QED) is 0.127. The fourth-order valence-corrected chi connectivity index (χ4v) is 16.2. The zero-order chi connectivity index (χ0) is 66.0. The van der Waals surface area contributed by atoms with E-state index in [0.717, 1.165) is 112 Å². The zero-order valence-electron chi connectivity index (χ0n) is 56.0. The predicted octanol–water partition coefficient (Wildman–Crippen LogP) is 23.1. The van der Waals surface area contributed by atoms with Crippen LogP contribution in [0.4, 0.5) is 34.1 Å². The molecule has 15 aromatic rings. The Morgan fingerprint density at radius 1 is 0.367 bits per heavy atom. The molecule has 0 N–H and O–H groups in total. The Balaban J connectivity index is 0.997. The third-order valence-electron chi connectivity index (χ3n) is 20.9. The minimum absolute atomic E-state index is 0.0356. The number of anilines is 6. The molecule has 4 nitrogen and oxygen atoms in total. The number of rotatable bonds is 10. The molecule has 1 unspecified atom stereocenters. The van der Waals surface area contributed by atoms with E-state index in [4.69, 9.17) is 4.74 Å². The van der Waals surface area contributed by atoms with Crippen LogP contribution < -0.4 is 30.9 Å². The van der Waals surface area contributed by atoms with Gasteiger partial charge in [0.2, 0.25) is 0 Å². The van der Waals surface area contributed by atoms with Crippen molar-refractivity contribution in [3.63, 3.8) is 0 Å². The molecule has 1 aromatic heterocycles. The second kappa shape index (κ2) is 23.0. The van der Waals surface area contributed by atoms with E-state index in [1.165, 1.54) is 60.7 Å². The lowest BCUT2D eigenvalue weighted by molar-refractivity contribution is 0.488. The van der Waals surface area contributed by atoms with Crippen molar-refractivity contribution in [2.45, 2.75) is 58.3 Å². The minimum atomic E-state index is -0.220. The third kappa shape index (κ3) is 9.65. The molecular formula is C93H72BN3O. The summed E-state index contributed by atoms with van der Waals surface area (Å²) in [5.41, 5.74) is 31.0. The van der Waals surface area contributed by atoms with E-state index in [1.54, 1.807) is 0 Å². The van der Waals surface area contributed by atoms with Gasteiger partial charge >= 0.3 is 0 Å². The topological polar surface area (TPSA) is 20.6 Å². The number of hydrogen-bond acceptors (Lipinski definition) is 3. The number of aromatic nitrogens is 1. The summed E-state index contributed by atoms with van der Waals surface area (Å²) in [5.74, 6) is 1.63. The number of ether oxygens (including phenoxy) is 1. The maximum atomic E-state index is 7.76. The van der Waals surface area contributed by atoms with Crippen molar-refractivity contribution in [1.29, 1.82) is 0 Å². The third-order valence-corrected chi connectivity index (χ3v) is 20.9. The van der Waals surface area contributed by atoms with Crippen molar-refractivity contribution in [2.24, 2.45) is 0 Å². The number of fused-ring (bicyclic) bond motifs is 10. The average Bonchev–Trinajstić information content (AvgIpc) is 0.835. The molecule has 0 fully saturated rings. The molecule has 468 valence electrons. The summed E-state index contributed by atoms with van der Waals surface area (Å²) in [7, 11) is 0. The van der Waals surface area contributed by atoms with E-state index in [9.17, 15) is 0 Å². The molecule has 0 amide bonds. The van der Waals surface area contributed by atoms with Gasteiger partial charge in [-0.05, 0) is 155 Å². The summed E-state index contributed by atoms with van der Waals surface area (Å²) in [6, 6.07) is 120. The normalized spacial score (nSPS) is 13.6. The molecule has 18 rings (SSSR count). The van der Waals surface area contributed by atoms with Gasteiger partial charge in [0.25, 0.3) is 6.71 Å². The van der Waals surface area contributed by atoms with Crippen molar-refractivity contribution in [3.05, 3.63) is 349 Å². The van der Waals surface area contributed by atoms with E-state index >= 15 is 0 Å². The van der Waals surface area contributed by atoms with Gasteiger partial charge in [0.1, 0.15) is 11.5 Å². The summed E-state index contributed by atoms with van der Waals surface area (Å²) in [6.45, 7) is 13.5. The average molecular weight is 1260 g/mol. The van der Waals surface area contributed by atoms with Crippen LogP contribution in [0.1, 0.15) is 75.3 Å². The summed E-state index contributed by atoms with van der Waals surface area (Å²) >= 11 is 0. The van der Waals surface area contributed by atoms with Crippen molar-refractivity contribution < 1.29 is 4.74 Å². The molecule has 98 heavy (non-hydrogen) atoms. The van der Waals surface area contributed by atoms with E-state index in [2.05, 4.69) is 377 Å². The van der Waals surface area contributed by atoms with E-state index in [-0.39, 0.29) is 23.5 Å². The monoisotopic (exact) mass is 1260 g/mol. The zero-order valence-corrected chi connectivity index (χ0v) is 56.0. The number of hydrogen-bond donors (Lipinski definition) is 0. The Labute approximate surface area is 575 Å². The largest absolute Gasteiger partial charge is 0.458 e. The smallest absolute Gasteiger partial charge is 0.256 e. The molecule has 1 atom stereocenters. The lowest BCUT2D eigenvalue weighted by Gasteiger charge is -2.42. The highest BCUT2D eigenvalue weighted by molar-refractivity contribution is 6.99. The van der Waals surface area contributed by atoms with Gasteiger partial charge in [-0.25, -0.2) is 0 Å². The fraction of sp³-hybridized carbons (Fsp3) is 0.0968. The predicted molar refractivity (Wildman–Crippen MR) is 413 cm³/mol. The summed E-state index contributed by atoms with van der Waals surface area (Å²) in [4.78, 5) is 5.13. The van der Waals surface area contributed by atoms with E-state index < -0.39 is 0 Å². The molecular weight excluding hydrogens is 1190 g/mol. The molecule has 1 aliphatic carbocycles. The van der Waals surface area contributed by atoms with Gasteiger partial charge in [-0.3, -0.25) is 0 Å². The molecule has 0 spiro atoms. The van der Waals surface area contributed by atoms with Gasteiger partial charge in [-0.2, -0.15) is 0 Å². The summed E-state index contributed by atoms with van der Waals surface area (Å²) in [6.07, 6.45) is 0. The number of benzene rings is 14. The Morgan fingerprint density at radius 2 is 0.878 bits per heavy atom. The van der Waals surface area contributed by atoms with Crippen molar-refractivity contribution in [3.8, 4) is 72.8 Å². The van der Waals surface area contributed by atoms with Crippen molar-refractivity contribution in [2.75, 3.05) is 9.80 Å². The summed E-state index contributed by atoms with van der Waals surface area (Å²) < 4.78 is 10.3. The Bertz CT molecular complexity index is 5550. The van der Waals surface area contributed by atoms with Crippen LogP contribution in [0, 0.1) is 0 Å². The van der Waals surface area contributed by atoms with E-state index in [1.807, 2.05) is 0 Å². The van der Waals surface area contributed by atoms with Crippen LogP contribution in [-0.4, -0.2) is 11.3 Å². The van der Waals surface area contributed by atoms with Gasteiger partial charge in [0.15, 0.2) is 0 Å². The highest BCUT2D eigenvalue weighted by Gasteiger charge is 2.45. The van der Waals surface area contributed by atoms with E-state index in [0.29, 0.717) is 0 Å². The molecule has 3 heterocycles. The van der Waals surface area contributed by atoms with Crippen LogP contribution in [-0.2, 0) is 10.8 Å². The molecule has 14 aromatic carbocycles. The highest BCUT2D eigenvalue weighted by Crippen LogP contribution is 2.57. The van der Waals surface area contributed by atoms with Crippen LogP contribution in [0.15, 0.2) is 322 Å². The molecule has 0 saturated heterocycles. The van der Waals surface area contributed by atoms with Crippen molar-refractivity contribution in [1.82, 2.24) is 4.57 Å². The molecule has 0 saturated carbocycles. The fourth-order valence-electron chi connectivity index (χ4n) is 16.2. The van der Waals surface area contributed by atoms with Gasteiger partial charge in [-0.1, -0.05) is 296 Å². The molecule has 0 bridgehead atoms. The Hall–Kier alpha value is -11.7. The van der Waals surface area contributed by atoms with Crippen LogP contribution in [0.2, 0.25) is 0 Å². The van der Waals surface area contributed by atoms with Crippen LogP contribution in [0.25, 0.3) is 83.1 Å². The minimum Gasteiger partial charge on any atom is -0.458 e. The first-order valence-electron chi connectivity index (χ1n) is 34.5. The lowest BCUT2D eigenvalue weighted by Crippen LogP contribution is -2.59. The van der Waals surface area contributed by atoms with Crippen LogP contribution in [0.5, 0.6) is 11.5 Å². The SMILES string of the molecule is CC(C)(C)c1ccc(N(c2ccc(C(C)(C)C)cc2)c2cc3c4c(c2)N(c2c(-c5cccc6c5C(c5ccccc5)c5ccccc5-6)cccc2-c2cccc5c6ccccc6n(-c6ccccc6)c25)c2cc(-c5ccccc5)ccc2B4c2ccc(-c4ccccc4)cc2O3)cc1. The van der Waals surface area contributed by atoms with Crippen LogP contribution in [0.3, 0.4) is 0 Å². The first-order chi connectivity index (χ1) is 47.9. The molecule has 2 aliphatic heterocycles. The lowest BCUT2D eigenvalue weighted by atomic mass is 9.34.